The van der Waals surface area contributed by atoms with Gasteiger partial charge in [0.15, 0.2) is 0 Å². The van der Waals surface area contributed by atoms with Crippen molar-refractivity contribution in [2.45, 2.75) is 0 Å². The van der Waals surface area contributed by atoms with Crippen molar-refractivity contribution in [1.29, 1.82) is 0 Å². The zero-order valence-electron chi connectivity index (χ0n) is 6.66. The molecule has 2 saturated heterocycles. The van der Waals surface area contributed by atoms with Crippen molar-refractivity contribution in [2.75, 3.05) is 26.4 Å². The topological polar surface area (TPSA) is 115 Å². The average Bonchev–Trinajstić information content (AvgIpc) is 1.41. The molecule has 0 saturated carbocycles. The number of hydrogen-bond donors (Lipinski definition) is 3. The summed E-state index contributed by atoms with van der Waals surface area (Å²) in [6.45, 7) is 3.11. The average molecular weight is 218 g/mol. The molecule has 2 heterocycles. The van der Waals surface area contributed by atoms with Gasteiger partial charge in [-0.15, -0.1) is 0 Å². The fraction of sp³-hybridized carbons (Fsp3) is 1.00. The van der Waals surface area contributed by atoms with Crippen LogP contribution in [0.25, 0.3) is 0 Å². The van der Waals surface area contributed by atoms with E-state index in [1.54, 1.807) is 0 Å². The standard InChI is InChI=1S/2C2H4O2.H3O4P/c2*1-2-4-3-1;1-5(2,3)4/h2*1-2H2;(H3,1,2,3,4). The molecule has 8 nitrogen and oxygen atoms in total. The van der Waals surface area contributed by atoms with Crippen LogP contribution >= 0.6 is 7.82 Å². The van der Waals surface area contributed by atoms with Gasteiger partial charge >= 0.3 is 7.82 Å². The van der Waals surface area contributed by atoms with E-state index in [1.165, 1.54) is 0 Å². The van der Waals surface area contributed by atoms with Crippen LogP contribution in [0.3, 0.4) is 0 Å². The van der Waals surface area contributed by atoms with E-state index in [4.69, 9.17) is 19.2 Å². The first-order valence-electron chi connectivity index (χ1n) is 3.27. The molecule has 3 N–H and O–H groups in total. The number of hydrogen-bond acceptors (Lipinski definition) is 5. The molecule has 80 valence electrons. The van der Waals surface area contributed by atoms with Gasteiger partial charge in [0.2, 0.25) is 0 Å². The van der Waals surface area contributed by atoms with Gasteiger partial charge in [-0.05, 0) is 0 Å². The lowest BCUT2D eigenvalue weighted by Crippen LogP contribution is -2.14. The molecule has 9 heteroatoms. The Morgan fingerprint density at radius 1 is 0.769 bits per heavy atom. The summed E-state index contributed by atoms with van der Waals surface area (Å²) in [5.74, 6) is 0. The summed E-state index contributed by atoms with van der Waals surface area (Å²) < 4.78 is 8.88. The predicted octanol–water partition coefficient (Wildman–Crippen LogP) is -1.03. The summed E-state index contributed by atoms with van der Waals surface area (Å²) in [6.07, 6.45) is 0. The quantitative estimate of drug-likeness (QED) is 0.349. The Hall–Kier alpha value is -0.0500. The van der Waals surface area contributed by atoms with Crippen molar-refractivity contribution in [3.05, 3.63) is 0 Å². The van der Waals surface area contributed by atoms with Gasteiger partial charge in [-0.25, -0.2) is 24.1 Å². The summed E-state index contributed by atoms with van der Waals surface area (Å²) >= 11 is 0. The van der Waals surface area contributed by atoms with E-state index < -0.39 is 7.82 Å². The molecule has 13 heavy (non-hydrogen) atoms. The van der Waals surface area contributed by atoms with Crippen molar-refractivity contribution in [2.24, 2.45) is 0 Å². The van der Waals surface area contributed by atoms with Gasteiger partial charge in [0, 0.05) is 0 Å². The first-order valence-corrected chi connectivity index (χ1v) is 4.84. The van der Waals surface area contributed by atoms with Gasteiger partial charge in [0.25, 0.3) is 0 Å². The highest BCUT2D eigenvalue weighted by Crippen LogP contribution is 2.25. The normalized spacial score (nSPS) is 19.3. The summed E-state index contributed by atoms with van der Waals surface area (Å²) in [7, 11) is -4.64. The monoisotopic (exact) mass is 218 g/mol. The third-order valence-electron chi connectivity index (χ3n) is 0.667. The minimum atomic E-state index is -4.64. The molecular formula is C4H11O8P. The van der Waals surface area contributed by atoms with E-state index in [-0.39, 0.29) is 0 Å². The Morgan fingerprint density at radius 3 is 0.846 bits per heavy atom. The SMILES string of the molecule is C1COO1.C1COO1.O=P(O)(O)O. The van der Waals surface area contributed by atoms with Gasteiger partial charge in [0.05, 0.1) is 0 Å². The van der Waals surface area contributed by atoms with Crippen LogP contribution in [0.4, 0.5) is 0 Å². The second kappa shape index (κ2) is 7.36. The van der Waals surface area contributed by atoms with Gasteiger partial charge in [0.1, 0.15) is 26.4 Å². The first-order chi connectivity index (χ1) is 6.00. The predicted molar refractivity (Wildman–Crippen MR) is 38.1 cm³/mol. The molecule has 0 radical (unpaired) electrons. The molecule has 0 spiro atoms. The van der Waals surface area contributed by atoms with Crippen LogP contribution in [-0.4, -0.2) is 41.1 Å². The van der Waals surface area contributed by atoms with Gasteiger partial charge < -0.3 is 14.7 Å². The van der Waals surface area contributed by atoms with Crippen LogP contribution in [0.2, 0.25) is 0 Å². The summed E-state index contributed by atoms with van der Waals surface area (Å²) in [4.78, 5) is 38.5. The Morgan fingerprint density at radius 2 is 0.846 bits per heavy atom. The summed E-state index contributed by atoms with van der Waals surface area (Å²) in [5.41, 5.74) is 0. The smallest absolute Gasteiger partial charge is 0.303 e. The van der Waals surface area contributed by atoms with Gasteiger partial charge in [-0.1, -0.05) is 0 Å². The van der Waals surface area contributed by atoms with Crippen LogP contribution in [0, 0.1) is 0 Å². The van der Waals surface area contributed by atoms with Crippen LogP contribution in [0.5, 0.6) is 0 Å². The molecule has 2 aliphatic rings. The lowest BCUT2D eigenvalue weighted by atomic mass is 10.8. The summed E-state index contributed by atoms with van der Waals surface area (Å²) in [6, 6.07) is 0. The second-order valence-electron chi connectivity index (χ2n) is 1.80. The molecule has 0 aliphatic carbocycles. The maximum atomic E-state index is 8.88. The third kappa shape index (κ3) is 18.7. The van der Waals surface area contributed by atoms with Crippen molar-refractivity contribution in [3.8, 4) is 0 Å². The molecular weight excluding hydrogens is 207 g/mol. The minimum absolute atomic E-state index is 0.778. The molecule has 0 atom stereocenters. The maximum absolute atomic E-state index is 8.88. The first kappa shape index (κ1) is 12.9. The molecule has 0 bridgehead atoms. The largest absolute Gasteiger partial charge is 0.466 e. The number of phosphoric acid groups is 1. The molecule has 2 aliphatic heterocycles. The molecule has 0 amide bonds. The molecule has 2 rings (SSSR count). The van der Waals surface area contributed by atoms with Crippen LogP contribution < -0.4 is 0 Å². The third-order valence-corrected chi connectivity index (χ3v) is 0.667. The van der Waals surface area contributed by atoms with Crippen molar-refractivity contribution in [1.82, 2.24) is 0 Å². The van der Waals surface area contributed by atoms with E-state index in [0.717, 1.165) is 26.4 Å². The van der Waals surface area contributed by atoms with Crippen molar-refractivity contribution < 1.29 is 38.8 Å². The van der Waals surface area contributed by atoms with Crippen LogP contribution in [0.1, 0.15) is 0 Å². The molecule has 0 aromatic rings. The fourth-order valence-corrected chi connectivity index (χ4v) is 0.167. The highest BCUT2D eigenvalue weighted by atomic mass is 31.2. The van der Waals surface area contributed by atoms with Gasteiger partial charge in [-0.3, -0.25) is 0 Å². The molecule has 0 unspecified atom stereocenters. The maximum Gasteiger partial charge on any atom is 0.466 e. The van der Waals surface area contributed by atoms with E-state index in [2.05, 4.69) is 19.6 Å². The Labute approximate surface area is 74.1 Å². The van der Waals surface area contributed by atoms with Crippen LogP contribution in [-0.2, 0) is 24.1 Å². The highest BCUT2D eigenvalue weighted by Gasteiger charge is 2.00. The van der Waals surface area contributed by atoms with E-state index in [9.17, 15) is 0 Å². The Balaban J connectivity index is 0.000000167. The van der Waals surface area contributed by atoms with Gasteiger partial charge in [-0.2, -0.15) is 0 Å². The van der Waals surface area contributed by atoms with Crippen molar-refractivity contribution >= 4 is 7.82 Å². The number of rotatable bonds is 0. The Bertz CT molecular complexity index is 122. The molecule has 0 aromatic heterocycles. The highest BCUT2D eigenvalue weighted by molar-refractivity contribution is 7.45. The minimum Gasteiger partial charge on any atom is -0.303 e. The molecule has 2 fully saturated rings. The fourth-order valence-electron chi connectivity index (χ4n) is 0.167. The van der Waals surface area contributed by atoms with Crippen LogP contribution in [0.15, 0.2) is 0 Å². The summed E-state index contributed by atoms with van der Waals surface area (Å²) in [5, 5.41) is 0. The second-order valence-corrected chi connectivity index (χ2v) is 2.83. The van der Waals surface area contributed by atoms with E-state index >= 15 is 0 Å². The van der Waals surface area contributed by atoms with E-state index in [1.807, 2.05) is 0 Å². The zero-order chi connectivity index (χ0) is 10.2. The van der Waals surface area contributed by atoms with Crippen molar-refractivity contribution in [3.63, 3.8) is 0 Å². The zero-order valence-corrected chi connectivity index (χ0v) is 7.55. The van der Waals surface area contributed by atoms with E-state index in [0.29, 0.717) is 0 Å². The lowest BCUT2D eigenvalue weighted by molar-refractivity contribution is -0.382. The Kier molecular flexibility index (Phi) is 7.33. The molecule has 0 aromatic carbocycles. The lowest BCUT2D eigenvalue weighted by Gasteiger charge is -2.08.